The number of aliphatic hydroxyl groups excluding tert-OH is 1. The fraction of sp³-hybridized carbons (Fsp3) is 0.219. The summed E-state index contributed by atoms with van der Waals surface area (Å²) in [6, 6.07) is 20.3. The lowest BCUT2D eigenvalue weighted by molar-refractivity contribution is -0.185. The summed E-state index contributed by atoms with van der Waals surface area (Å²) in [6.45, 7) is 7.26. The summed E-state index contributed by atoms with van der Waals surface area (Å²) in [5.41, 5.74) is 4.03. The number of aromatic nitrogens is 2. The Kier molecular flexibility index (Phi) is 7.07. The van der Waals surface area contributed by atoms with E-state index in [9.17, 15) is 14.6 Å². The number of imidazole rings is 1. The van der Waals surface area contributed by atoms with Crippen LogP contribution < -0.4 is 0 Å². The number of aliphatic hydroxyl groups is 2. The molecule has 0 spiro atoms. The van der Waals surface area contributed by atoms with Crippen molar-refractivity contribution >= 4 is 5.65 Å². The third-order valence-electron chi connectivity index (χ3n) is 6.51. The van der Waals surface area contributed by atoms with Crippen LogP contribution in [-0.4, -0.2) is 31.5 Å². The van der Waals surface area contributed by atoms with E-state index in [-0.39, 0.29) is 11.4 Å². The Morgan fingerprint density at radius 2 is 1.44 bits per heavy atom. The number of fused-ring (bicyclic) bond motifs is 1. The van der Waals surface area contributed by atoms with Crippen LogP contribution in [0.15, 0.2) is 85.2 Å². The molecule has 5 nitrogen and oxygen atoms in total. The van der Waals surface area contributed by atoms with Gasteiger partial charge in [0, 0.05) is 40.2 Å². The first-order valence-corrected chi connectivity index (χ1v) is 12.7. The number of pyridine rings is 1. The zero-order valence-corrected chi connectivity index (χ0v) is 22.2. The predicted octanol–water partition coefficient (Wildman–Crippen LogP) is 7.09. The monoisotopic (exact) mass is 528 g/mol. The van der Waals surface area contributed by atoms with E-state index in [1.54, 1.807) is 40.8 Å². The van der Waals surface area contributed by atoms with Gasteiger partial charge in [-0.1, -0.05) is 54.6 Å². The first kappa shape index (κ1) is 26.7. The van der Waals surface area contributed by atoms with Gasteiger partial charge in [-0.15, -0.1) is 0 Å². The van der Waals surface area contributed by atoms with Crippen molar-refractivity contribution in [2.24, 2.45) is 0 Å². The molecule has 5 rings (SSSR count). The van der Waals surface area contributed by atoms with E-state index in [4.69, 9.17) is 9.72 Å². The molecule has 1 atom stereocenters. The Morgan fingerprint density at radius 1 is 0.821 bits per heavy atom. The van der Waals surface area contributed by atoms with Crippen molar-refractivity contribution in [3.05, 3.63) is 108 Å². The molecule has 0 aliphatic rings. The number of halogens is 2. The third-order valence-corrected chi connectivity index (χ3v) is 6.51. The molecule has 0 bridgehead atoms. The van der Waals surface area contributed by atoms with Crippen LogP contribution in [0.25, 0.3) is 39.2 Å². The average molecular weight is 529 g/mol. The normalized spacial score (nSPS) is 12.8. The summed E-state index contributed by atoms with van der Waals surface area (Å²) < 4.78 is 37.7. The molecule has 2 aromatic heterocycles. The number of aryl methyl sites for hydroxylation is 1. The molecule has 2 N–H and O–H groups in total. The van der Waals surface area contributed by atoms with Gasteiger partial charge in [-0.3, -0.25) is 0 Å². The molecule has 39 heavy (non-hydrogen) atoms. The molecule has 3 aromatic carbocycles. The summed E-state index contributed by atoms with van der Waals surface area (Å²) in [5.74, 6) is -0.793. The van der Waals surface area contributed by atoms with Crippen LogP contribution >= 0.6 is 0 Å². The summed E-state index contributed by atoms with van der Waals surface area (Å²) >= 11 is 0. The fourth-order valence-corrected chi connectivity index (χ4v) is 4.90. The lowest BCUT2D eigenvalue weighted by atomic mass is 9.92. The minimum Gasteiger partial charge on any atom is -0.366 e. The molecule has 200 valence electrons. The molecule has 0 amide bonds. The fourth-order valence-electron chi connectivity index (χ4n) is 4.90. The van der Waals surface area contributed by atoms with Gasteiger partial charge < -0.3 is 19.4 Å². The van der Waals surface area contributed by atoms with Crippen molar-refractivity contribution < 1.29 is 23.7 Å². The molecule has 5 aromatic rings. The van der Waals surface area contributed by atoms with Crippen molar-refractivity contribution in [2.45, 2.75) is 45.7 Å². The number of benzene rings is 3. The minimum atomic E-state index is -1.86. The number of rotatable bonds is 6. The Balaban J connectivity index is 1.76. The van der Waals surface area contributed by atoms with Crippen LogP contribution in [0.5, 0.6) is 0 Å². The van der Waals surface area contributed by atoms with Crippen LogP contribution in [-0.2, 0) is 4.74 Å². The van der Waals surface area contributed by atoms with E-state index in [0.29, 0.717) is 39.2 Å². The molecular weight excluding hydrogens is 498 g/mol. The molecular formula is C32H30F2N2O3. The van der Waals surface area contributed by atoms with Gasteiger partial charge in [-0.25, -0.2) is 13.8 Å². The second-order valence-corrected chi connectivity index (χ2v) is 10.6. The third kappa shape index (κ3) is 5.34. The molecule has 7 heteroatoms. The van der Waals surface area contributed by atoms with Gasteiger partial charge in [-0.2, -0.15) is 0 Å². The Morgan fingerprint density at radius 3 is 2.05 bits per heavy atom. The molecule has 0 aliphatic heterocycles. The largest absolute Gasteiger partial charge is 0.366 e. The minimum absolute atomic E-state index is 0.265. The predicted molar refractivity (Wildman–Crippen MR) is 148 cm³/mol. The maximum atomic E-state index is 15.3. The molecule has 0 saturated carbocycles. The smallest absolute Gasteiger partial charge is 0.182 e. The second-order valence-electron chi connectivity index (χ2n) is 10.6. The molecule has 0 saturated heterocycles. The van der Waals surface area contributed by atoms with Gasteiger partial charge in [0.1, 0.15) is 23.4 Å². The zero-order valence-electron chi connectivity index (χ0n) is 22.2. The summed E-state index contributed by atoms with van der Waals surface area (Å²) in [5, 5.41) is 20.8. The van der Waals surface area contributed by atoms with Crippen molar-refractivity contribution in [1.29, 1.82) is 0 Å². The summed E-state index contributed by atoms with van der Waals surface area (Å²) in [6.07, 6.45) is 0.622. The maximum absolute atomic E-state index is 15.3. The van der Waals surface area contributed by atoms with Crippen molar-refractivity contribution in [1.82, 2.24) is 9.38 Å². The van der Waals surface area contributed by atoms with Crippen molar-refractivity contribution in [3.63, 3.8) is 0 Å². The number of nitrogens with zero attached hydrogens (tertiary/aromatic N) is 2. The average Bonchev–Trinajstić information content (AvgIpc) is 3.30. The number of hydrogen-bond donors (Lipinski definition) is 2. The summed E-state index contributed by atoms with van der Waals surface area (Å²) in [4.78, 5) is 4.88. The van der Waals surface area contributed by atoms with Crippen molar-refractivity contribution in [3.8, 4) is 33.5 Å². The maximum Gasteiger partial charge on any atom is 0.182 e. The van der Waals surface area contributed by atoms with Crippen LogP contribution in [0.3, 0.4) is 0 Å². The second kappa shape index (κ2) is 10.3. The first-order chi connectivity index (χ1) is 18.5. The van der Waals surface area contributed by atoms with Gasteiger partial charge in [0.25, 0.3) is 0 Å². The van der Waals surface area contributed by atoms with Gasteiger partial charge >= 0.3 is 0 Å². The Hall–Kier alpha value is -3.91. The lowest BCUT2D eigenvalue weighted by Gasteiger charge is -2.31. The van der Waals surface area contributed by atoms with E-state index in [0.717, 1.165) is 5.56 Å². The first-order valence-electron chi connectivity index (χ1n) is 12.7. The van der Waals surface area contributed by atoms with Crippen LogP contribution in [0.4, 0.5) is 8.78 Å². The molecule has 0 fully saturated rings. The van der Waals surface area contributed by atoms with E-state index in [1.165, 1.54) is 12.1 Å². The molecule has 0 radical (unpaired) electrons. The van der Waals surface area contributed by atoms with Crippen LogP contribution in [0.2, 0.25) is 0 Å². The van der Waals surface area contributed by atoms with Crippen molar-refractivity contribution in [2.75, 3.05) is 0 Å². The number of hydrogen-bond acceptors (Lipinski definition) is 4. The lowest BCUT2D eigenvalue weighted by Crippen LogP contribution is -2.31. The van der Waals surface area contributed by atoms with Crippen LogP contribution in [0.1, 0.15) is 38.0 Å². The number of ether oxygens (including phenoxy) is 1. The SMILES string of the molecule is Cc1cn2cc(-c3cccc(-c4ccccc4F)c3)nc2c(-c2ccccc2F)c1[C@@H](OC(C)(C)C)C(O)O. The zero-order chi connectivity index (χ0) is 27.9. The van der Waals surface area contributed by atoms with Gasteiger partial charge in [0.2, 0.25) is 0 Å². The molecule has 0 unspecified atom stereocenters. The van der Waals surface area contributed by atoms with E-state index in [1.807, 2.05) is 64.4 Å². The highest BCUT2D eigenvalue weighted by Crippen LogP contribution is 2.40. The van der Waals surface area contributed by atoms with E-state index in [2.05, 4.69) is 0 Å². The van der Waals surface area contributed by atoms with Gasteiger partial charge in [0.15, 0.2) is 6.29 Å². The highest BCUT2D eigenvalue weighted by molar-refractivity contribution is 5.84. The van der Waals surface area contributed by atoms with E-state index < -0.39 is 23.8 Å². The Labute approximate surface area is 226 Å². The molecule has 2 heterocycles. The topological polar surface area (TPSA) is 67.0 Å². The van der Waals surface area contributed by atoms with E-state index >= 15 is 4.39 Å². The van der Waals surface area contributed by atoms with Gasteiger partial charge in [-0.05, 0) is 57.0 Å². The highest BCUT2D eigenvalue weighted by atomic mass is 19.1. The summed E-state index contributed by atoms with van der Waals surface area (Å²) in [7, 11) is 0. The standard InChI is InChI=1S/C32H30F2N2O3/c1-19-17-36-18-26(21-11-9-10-20(16-21)22-12-5-7-14-24(22)33)35-30(36)28(23-13-6-8-15-25(23)34)27(19)29(31(37)38)39-32(2,3)4/h5-18,29,31,37-38H,1-4H3/t29-/m1/s1. The van der Waals surface area contributed by atoms with Gasteiger partial charge in [0.05, 0.1) is 11.3 Å². The highest BCUT2D eigenvalue weighted by Gasteiger charge is 2.32. The quantitative estimate of drug-likeness (QED) is 0.231. The Bertz CT molecular complexity index is 1650. The van der Waals surface area contributed by atoms with Crippen LogP contribution in [0, 0.1) is 18.6 Å². The molecule has 0 aliphatic carbocycles.